The predicted octanol–water partition coefficient (Wildman–Crippen LogP) is -10.3. The minimum atomic E-state index is -4.64. The van der Waals surface area contributed by atoms with Gasteiger partial charge in [0, 0.05) is 0 Å². The summed E-state index contributed by atoms with van der Waals surface area (Å²) in [6.07, 6.45) is 0. The fourth-order valence-corrected chi connectivity index (χ4v) is 0. The molecule has 0 fully saturated rings. The van der Waals surface area contributed by atoms with Crippen molar-refractivity contribution < 1.29 is 112 Å². The van der Waals surface area contributed by atoms with Crippen molar-refractivity contribution in [3.63, 3.8) is 0 Å². The van der Waals surface area contributed by atoms with E-state index < -0.39 is 7.82 Å². The maximum atomic E-state index is 8.88. The van der Waals surface area contributed by atoms with E-state index in [1.807, 2.05) is 0 Å². The first-order valence-corrected chi connectivity index (χ1v) is 2.35. The Morgan fingerprint density at radius 1 is 1.00 bits per heavy atom. The summed E-state index contributed by atoms with van der Waals surface area (Å²) in [5, 5.41) is 0. The second-order valence-corrected chi connectivity index (χ2v) is 1.54. The van der Waals surface area contributed by atoms with Gasteiger partial charge in [-0.1, -0.05) is 0 Å². The Hall–Kier alpha value is 3.93. The van der Waals surface area contributed by atoms with Crippen molar-refractivity contribution in [2.45, 2.75) is 0 Å². The number of rotatable bonds is 0. The molecule has 10 heavy (non-hydrogen) atoms. The molecular formula is H10AlClNa3O4P. The summed E-state index contributed by atoms with van der Waals surface area (Å²) in [6, 6.07) is 0. The van der Waals surface area contributed by atoms with E-state index in [1.165, 1.54) is 0 Å². The van der Waals surface area contributed by atoms with Gasteiger partial charge in [-0.05, 0) is 0 Å². The molecule has 10 heteroatoms. The van der Waals surface area contributed by atoms with E-state index in [-0.39, 0.29) is 123 Å². The smallest absolute Gasteiger partial charge is 1.00 e. The van der Waals surface area contributed by atoms with Crippen LogP contribution in [0.25, 0.3) is 0 Å². The average molecular weight is 236 g/mol. The molecule has 0 rings (SSSR count). The molecule has 0 saturated carbocycles. The Bertz CT molecular complexity index is 76.8. The van der Waals surface area contributed by atoms with Gasteiger partial charge < -0.3 is 19.0 Å². The van der Waals surface area contributed by atoms with Gasteiger partial charge in [0.15, 0.2) is 17.4 Å². The van der Waals surface area contributed by atoms with Gasteiger partial charge in [0.1, 0.15) is 0 Å². The molecule has 4 nitrogen and oxygen atoms in total. The zero-order chi connectivity index (χ0) is 4.50. The van der Waals surface area contributed by atoms with Crippen LogP contribution in [0.5, 0.6) is 0 Å². The summed E-state index contributed by atoms with van der Waals surface area (Å²) in [5.41, 5.74) is 0. The van der Waals surface area contributed by atoms with E-state index in [2.05, 4.69) is 0 Å². The van der Waals surface area contributed by atoms with Crippen molar-refractivity contribution in [2.24, 2.45) is 0 Å². The van der Waals surface area contributed by atoms with Crippen molar-refractivity contribution >= 4 is 37.6 Å². The van der Waals surface area contributed by atoms with Crippen LogP contribution in [-0.4, -0.2) is 32.0 Å². The summed E-state index contributed by atoms with van der Waals surface area (Å²) in [6.45, 7) is 0. The van der Waals surface area contributed by atoms with E-state index in [1.54, 1.807) is 0 Å². The topological polar surface area (TPSA) is 77.8 Å². The van der Waals surface area contributed by atoms with E-state index in [0.717, 1.165) is 0 Å². The summed E-state index contributed by atoms with van der Waals surface area (Å²) in [4.78, 5) is 21.6. The zero-order valence-corrected chi connectivity index (χ0v) is 13.3. The Morgan fingerprint density at radius 2 is 1.00 bits per heavy atom. The fraction of sp³-hybridized carbons (Fsp3) is 0. The second kappa shape index (κ2) is 18.7. The Morgan fingerprint density at radius 3 is 1.00 bits per heavy atom. The summed E-state index contributed by atoms with van der Waals surface area (Å²) in [5.74, 6) is 0. The third kappa shape index (κ3) is 92.2. The van der Waals surface area contributed by atoms with E-state index in [0.29, 0.717) is 0 Å². The molecular weight excluding hydrogens is 226 g/mol. The predicted molar refractivity (Wildman–Crippen MR) is 34.8 cm³/mol. The van der Waals surface area contributed by atoms with Crippen molar-refractivity contribution in [3.8, 4) is 0 Å². The Balaban J connectivity index is -0.00000000286. The number of phosphoric acid groups is 1. The molecule has 0 aliphatic rings. The molecule has 0 bridgehead atoms. The molecule has 0 aromatic carbocycles. The molecule has 0 aliphatic heterocycles. The first-order valence-electron chi connectivity index (χ1n) is 0.783. The summed E-state index contributed by atoms with van der Waals surface area (Å²) >= 11 is 0. The van der Waals surface area contributed by atoms with Crippen LogP contribution >= 0.6 is 20.2 Å². The molecule has 0 heterocycles. The van der Waals surface area contributed by atoms with Crippen LogP contribution in [0.3, 0.4) is 0 Å². The van der Waals surface area contributed by atoms with Gasteiger partial charge >= 0.3 is 96.5 Å². The Labute approximate surface area is 147 Å². The van der Waals surface area contributed by atoms with Gasteiger partial charge in [0.25, 0.3) is 0 Å². The normalized spacial score (nSPS) is 5.90. The third-order valence-corrected chi connectivity index (χ3v) is 0. The molecule has 0 aliphatic carbocycles. The largest absolute Gasteiger partial charge is 1.00 e. The molecule has 0 radical (unpaired) electrons. The molecule has 0 unspecified atom stereocenters. The minimum Gasteiger partial charge on any atom is -1.00 e. The van der Waals surface area contributed by atoms with Crippen molar-refractivity contribution in [1.29, 1.82) is 0 Å². The zero-order valence-electron chi connectivity index (χ0n) is 8.61. The van der Waals surface area contributed by atoms with Gasteiger partial charge in [-0.25, -0.2) is 4.57 Å². The van der Waals surface area contributed by atoms with E-state index >= 15 is 0 Å². The SMILES string of the molecule is Cl.O=P(O)(O)O.[AlH3].[H-].[H-].[H-].[Na+].[Na+].[Na+]. The first kappa shape index (κ1) is 37.0. The van der Waals surface area contributed by atoms with Crippen LogP contribution in [0.4, 0.5) is 0 Å². The molecule has 0 amide bonds. The number of hydrogen-bond acceptors (Lipinski definition) is 1. The van der Waals surface area contributed by atoms with Gasteiger partial charge in [0.2, 0.25) is 0 Å². The molecule has 52 valence electrons. The maximum Gasteiger partial charge on any atom is 1.00 e. The maximum absolute atomic E-state index is 8.88. The van der Waals surface area contributed by atoms with Gasteiger partial charge in [-0.3, -0.25) is 0 Å². The fourth-order valence-electron chi connectivity index (χ4n) is 0. The minimum absolute atomic E-state index is 0. The van der Waals surface area contributed by atoms with Crippen molar-refractivity contribution in [1.82, 2.24) is 0 Å². The van der Waals surface area contributed by atoms with Crippen LogP contribution in [0.2, 0.25) is 0 Å². The van der Waals surface area contributed by atoms with Crippen molar-refractivity contribution in [2.75, 3.05) is 0 Å². The second-order valence-electron chi connectivity index (χ2n) is 0.513. The van der Waals surface area contributed by atoms with Gasteiger partial charge in [-0.2, -0.15) is 0 Å². The molecule has 0 aromatic heterocycles. The van der Waals surface area contributed by atoms with Crippen molar-refractivity contribution in [3.05, 3.63) is 0 Å². The van der Waals surface area contributed by atoms with Crippen LogP contribution in [-0.2, 0) is 4.57 Å². The Kier molecular flexibility index (Phi) is 69.1. The summed E-state index contributed by atoms with van der Waals surface area (Å²) in [7, 11) is -4.64. The van der Waals surface area contributed by atoms with Crippen LogP contribution < -0.4 is 88.7 Å². The standard InChI is InChI=1S/Al.ClH.3Na.H3O4P.6H/c;;;;;1-5(2,3)4;;;;;;/h;1H;;;;(H3,1,2,3,4);;;;;;/q;;3*+1;;;;;3*-1. The molecule has 0 atom stereocenters. The monoisotopic (exact) mass is 236 g/mol. The van der Waals surface area contributed by atoms with Crippen LogP contribution in [0, 0.1) is 0 Å². The molecule has 0 spiro atoms. The molecule has 0 aromatic rings. The van der Waals surface area contributed by atoms with Crippen LogP contribution in [0.1, 0.15) is 4.28 Å². The number of hydrogen-bond donors (Lipinski definition) is 3. The third-order valence-electron chi connectivity index (χ3n) is 0. The van der Waals surface area contributed by atoms with E-state index in [4.69, 9.17) is 19.2 Å². The van der Waals surface area contributed by atoms with Gasteiger partial charge in [-0.15, -0.1) is 12.4 Å². The first-order chi connectivity index (χ1) is 2.00. The number of halogens is 1. The summed E-state index contributed by atoms with van der Waals surface area (Å²) < 4.78 is 8.88. The molecule has 0 saturated heterocycles. The quantitative estimate of drug-likeness (QED) is 0.288. The van der Waals surface area contributed by atoms with E-state index in [9.17, 15) is 0 Å². The average Bonchev–Trinajstić information content (AvgIpc) is 0.722. The molecule has 3 N–H and O–H groups in total. The van der Waals surface area contributed by atoms with Gasteiger partial charge in [0.05, 0.1) is 0 Å². The van der Waals surface area contributed by atoms with Crippen LogP contribution in [0.15, 0.2) is 0 Å².